The Morgan fingerprint density at radius 2 is 1.88 bits per heavy atom. The molecule has 0 N–H and O–H groups in total. The lowest BCUT2D eigenvalue weighted by atomic mass is 10.2. The van der Waals surface area contributed by atoms with Gasteiger partial charge in [0, 0.05) is 7.11 Å². The Morgan fingerprint density at radius 3 is 2.47 bits per heavy atom. The maximum Gasteiger partial charge on any atom is 0.474 e. The topological polar surface area (TPSA) is 44.8 Å². The van der Waals surface area contributed by atoms with Crippen LogP contribution in [0.5, 0.6) is 0 Å². The smallest absolute Gasteiger partial charge is 0.290 e. The van der Waals surface area contributed by atoms with Gasteiger partial charge in [-0.2, -0.15) is 0 Å². The third-order valence-corrected chi connectivity index (χ3v) is 3.59. The summed E-state index contributed by atoms with van der Waals surface area (Å²) < 4.78 is 27.2. The molecule has 1 unspecified atom stereocenters. The molecule has 1 rings (SSSR count). The van der Waals surface area contributed by atoms with Crippen molar-refractivity contribution in [3.8, 4) is 0 Å². The van der Waals surface area contributed by atoms with E-state index in [2.05, 4.69) is 0 Å². The van der Waals surface area contributed by atoms with Gasteiger partial charge < -0.3 is 0 Å². The first kappa shape index (κ1) is 14.4. The highest BCUT2D eigenvalue weighted by atomic mass is 31.2. The molecule has 1 atom stereocenters. The number of hydrogen-bond donors (Lipinski definition) is 0. The van der Waals surface area contributed by atoms with Crippen LogP contribution in [0.25, 0.3) is 0 Å². The van der Waals surface area contributed by atoms with E-state index < -0.39 is 7.82 Å². The highest BCUT2D eigenvalue weighted by molar-refractivity contribution is 7.48. The van der Waals surface area contributed by atoms with Gasteiger partial charge in [0.2, 0.25) is 0 Å². The van der Waals surface area contributed by atoms with Crippen molar-refractivity contribution < 1.29 is 18.1 Å². The molecule has 0 spiro atoms. The van der Waals surface area contributed by atoms with Crippen LogP contribution in [0.3, 0.4) is 0 Å². The molecule has 0 amide bonds. The molecule has 0 aromatic heterocycles. The van der Waals surface area contributed by atoms with Crippen LogP contribution in [0.15, 0.2) is 30.3 Å². The van der Waals surface area contributed by atoms with E-state index in [-0.39, 0.29) is 6.61 Å². The minimum atomic E-state index is -3.40. The number of phosphoric ester groups is 1. The minimum Gasteiger partial charge on any atom is -0.290 e. The zero-order chi connectivity index (χ0) is 12.6. The van der Waals surface area contributed by atoms with Crippen molar-refractivity contribution in [2.75, 3.05) is 13.7 Å². The summed E-state index contributed by atoms with van der Waals surface area (Å²) in [7, 11) is -2.06. The van der Waals surface area contributed by atoms with E-state index in [1.54, 1.807) is 0 Å². The van der Waals surface area contributed by atoms with Gasteiger partial charge in [0.05, 0.1) is 13.2 Å². The van der Waals surface area contributed by atoms with Gasteiger partial charge in [0.1, 0.15) is 0 Å². The van der Waals surface area contributed by atoms with Crippen LogP contribution in [-0.4, -0.2) is 13.7 Å². The van der Waals surface area contributed by atoms with E-state index in [4.69, 9.17) is 13.6 Å². The van der Waals surface area contributed by atoms with Crippen LogP contribution in [0.1, 0.15) is 25.3 Å². The second kappa shape index (κ2) is 7.62. The van der Waals surface area contributed by atoms with Crippen molar-refractivity contribution in [2.45, 2.75) is 26.4 Å². The largest absolute Gasteiger partial charge is 0.474 e. The predicted molar refractivity (Wildman–Crippen MR) is 66.7 cm³/mol. The quantitative estimate of drug-likeness (QED) is 0.526. The lowest BCUT2D eigenvalue weighted by Crippen LogP contribution is -1.99. The van der Waals surface area contributed by atoms with Crippen molar-refractivity contribution in [2.24, 2.45) is 0 Å². The molecule has 0 aliphatic rings. The maximum absolute atomic E-state index is 12.0. The van der Waals surface area contributed by atoms with Crippen LogP contribution in [0, 0.1) is 0 Å². The van der Waals surface area contributed by atoms with Gasteiger partial charge in [0.15, 0.2) is 0 Å². The molecule has 0 heterocycles. The van der Waals surface area contributed by atoms with E-state index in [0.29, 0.717) is 6.61 Å². The molecule has 0 saturated heterocycles. The molecule has 1 aromatic rings. The molecule has 5 heteroatoms. The van der Waals surface area contributed by atoms with Crippen LogP contribution < -0.4 is 0 Å². The standard InChI is InChI=1S/C12H19O4P/c1-3-4-10-15-17(13,14-2)16-11-12-8-6-5-7-9-12/h5-9H,3-4,10-11H2,1-2H3. The SMILES string of the molecule is CCCCOP(=O)(OC)OCc1ccccc1. The summed E-state index contributed by atoms with van der Waals surface area (Å²) in [6.45, 7) is 2.64. The summed E-state index contributed by atoms with van der Waals surface area (Å²) in [5, 5.41) is 0. The van der Waals surface area contributed by atoms with Gasteiger partial charge in [0.25, 0.3) is 0 Å². The van der Waals surface area contributed by atoms with E-state index in [1.807, 2.05) is 37.3 Å². The first-order valence-corrected chi connectivity index (χ1v) is 7.15. The zero-order valence-corrected chi connectivity index (χ0v) is 11.2. The zero-order valence-electron chi connectivity index (χ0n) is 10.3. The van der Waals surface area contributed by atoms with Crippen LogP contribution in [-0.2, 0) is 24.7 Å². The molecule has 96 valence electrons. The Balaban J connectivity index is 2.43. The van der Waals surface area contributed by atoms with Crippen molar-refractivity contribution >= 4 is 7.82 Å². The molecule has 4 nitrogen and oxygen atoms in total. The molecule has 1 aromatic carbocycles. The van der Waals surface area contributed by atoms with Crippen molar-refractivity contribution in [3.05, 3.63) is 35.9 Å². The Morgan fingerprint density at radius 1 is 1.18 bits per heavy atom. The van der Waals surface area contributed by atoms with Gasteiger partial charge in [-0.1, -0.05) is 43.7 Å². The Labute approximate surface area is 103 Å². The molecule has 0 aliphatic heterocycles. The summed E-state index contributed by atoms with van der Waals surface area (Å²) in [5.74, 6) is 0. The monoisotopic (exact) mass is 258 g/mol. The molecular formula is C12H19O4P. The Bertz CT molecular complexity index is 353. The third-order valence-electron chi connectivity index (χ3n) is 2.20. The second-order valence-corrected chi connectivity index (χ2v) is 5.35. The van der Waals surface area contributed by atoms with Crippen molar-refractivity contribution in [3.63, 3.8) is 0 Å². The lowest BCUT2D eigenvalue weighted by molar-refractivity contribution is 0.124. The van der Waals surface area contributed by atoms with Crippen LogP contribution in [0.4, 0.5) is 0 Å². The van der Waals surface area contributed by atoms with E-state index in [1.165, 1.54) is 7.11 Å². The van der Waals surface area contributed by atoms with Crippen LogP contribution in [0.2, 0.25) is 0 Å². The summed E-state index contributed by atoms with van der Waals surface area (Å²) in [6, 6.07) is 9.50. The van der Waals surface area contributed by atoms with E-state index in [0.717, 1.165) is 18.4 Å². The van der Waals surface area contributed by atoms with Crippen molar-refractivity contribution in [1.82, 2.24) is 0 Å². The molecular weight excluding hydrogens is 239 g/mol. The number of rotatable bonds is 8. The number of hydrogen-bond acceptors (Lipinski definition) is 4. The fraction of sp³-hybridized carbons (Fsp3) is 0.500. The molecule has 0 saturated carbocycles. The second-order valence-electron chi connectivity index (χ2n) is 3.58. The van der Waals surface area contributed by atoms with Crippen molar-refractivity contribution in [1.29, 1.82) is 0 Å². The van der Waals surface area contributed by atoms with Gasteiger partial charge in [-0.3, -0.25) is 13.6 Å². The fourth-order valence-electron chi connectivity index (χ4n) is 1.19. The van der Waals surface area contributed by atoms with Gasteiger partial charge in [-0.05, 0) is 12.0 Å². The minimum absolute atomic E-state index is 0.220. The Hall–Kier alpha value is -0.670. The number of unbranched alkanes of at least 4 members (excludes halogenated alkanes) is 1. The fourth-order valence-corrected chi connectivity index (χ4v) is 2.14. The summed E-state index contributed by atoms with van der Waals surface area (Å²) in [4.78, 5) is 0. The Kier molecular flexibility index (Phi) is 6.45. The molecule has 17 heavy (non-hydrogen) atoms. The van der Waals surface area contributed by atoms with Gasteiger partial charge >= 0.3 is 7.82 Å². The normalized spacial score (nSPS) is 14.5. The highest BCUT2D eigenvalue weighted by Crippen LogP contribution is 2.49. The first-order valence-electron chi connectivity index (χ1n) is 5.69. The maximum atomic E-state index is 12.0. The van der Waals surface area contributed by atoms with E-state index >= 15 is 0 Å². The average Bonchev–Trinajstić information content (AvgIpc) is 2.38. The highest BCUT2D eigenvalue weighted by Gasteiger charge is 2.24. The van der Waals surface area contributed by atoms with Gasteiger partial charge in [-0.15, -0.1) is 0 Å². The summed E-state index contributed by atoms with van der Waals surface area (Å²) in [5.41, 5.74) is 0.934. The van der Waals surface area contributed by atoms with Gasteiger partial charge in [-0.25, -0.2) is 4.57 Å². The third kappa shape index (κ3) is 5.46. The predicted octanol–water partition coefficient (Wildman–Crippen LogP) is 3.77. The number of benzene rings is 1. The lowest BCUT2D eigenvalue weighted by Gasteiger charge is -2.15. The molecule has 0 radical (unpaired) electrons. The molecule has 0 aliphatic carbocycles. The molecule has 0 bridgehead atoms. The van der Waals surface area contributed by atoms with Crippen LogP contribution >= 0.6 is 7.82 Å². The summed E-state index contributed by atoms with van der Waals surface area (Å²) in [6.07, 6.45) is 1.81. The first-order chi connectivity index (χ1) is 8.20. The number of phosphoric acid groups is 1. The molecule has 0 fully saturated rings. The van der Waals surface area contributed by atoms with E-state index in [9.17, 15) is 4.57 Å². The average molecular weight is 258 g/mol. The summed E-state index contributed by atoms with van der Waals surface area (Å²) >= 11 is 0.